The molecule has 0 aliphatic carbocycles. The summed E-state index contributed by atoms with van der Waals surface area (Å²) in [5, 5.41) is 3.96. The normalized spacial score (nSPS) is 10.4. The van der Waals surface area contributed by atoms with Gasteiger partial charge < -0.3 is 9.15 Å². The fourth-order valence-corrected chi connectivity index (χ4v) is 1.69. The van der Waals surface area contributed by atoms with Crippen LogP contribution in [-0.2, 0) is 7.05 Å². The third-order valence-corrected chi connectivity index (χ3v) is 2.56. The van der Waals surface area contributed by atoms with E-state index in [4.69, 9.17) is 9.15 Å². The molecule has 16 heavy (non-hydrogen) atoms. The predicted molar refractivity (Wildman–Crippen MR) is 59.6 cm³/mol. The molecule has 2 heterocycles. The number of hydrogen-bond acceptors (Lipinski definition) is 4. The molecule has 0 saturated heterocycles. The highest BCUT2D eigenvalue weighted by molar-refractivity contribution is 9.10. The van der Waals surface area contributed by atoms with Gasteiger partial charge >= 0.3 is 0 Å². The molecular weight excluding hydrogens is 276 g/mol. The molecule has 2 aromatic rings. The first-order chi connectivity index (χ1) is 7.63. The average Bonchev–Trinajstić information content (AvgIpc) is 2.83. The summed E-state index contributed by atoms with van der Waals surface area (Å²) in [6.07, 6.45) is 1.49. The van der Waals surface area contributed by atoms with Crippen molar-refractivity contribution in [1.29, 1.82) is 0 Å². The lowest BCUT2D eigenvalue weighted by molar-refractivity contribution is 0.0996. The van der Waals surface area contributed by atoms with Crippen molar-refractivity contribution in [2.24, 2.45) is 7.05 Å². The zero-order chi connectivity index (χ0) is 11.7. The highest BCUT2D eigenvalue weighted by Crippen LogP contribution is 2.22. The first kappa shape index (κ1) is 10.9. The van der Waals surface area contributed by atoms with Crippen molar-refractivity contribution in [3.8, 4) is 5.75 Å². The van der Waals surface area contributed by atoms with E-state index in [1.54, 1.807) is 19.2 Å². The number of halogens is 1. The highest BCUT2D eigenvalue weighted by atomic mass is 79.9. The smallest absolute Gasteiger partial charge is 0.249 e. The maximum atomic E-state index is 12.1. The summed E-state index contributed by atoms with van der Waals surface area (Å²) < 4.78 is 12.2. The van der Waals surface area contributed by atoms with Gasteiger partial charge in [0.1, 0.15) is 0 Å². The lowest BCUT2D eigenvalue weighted by Gasteiger charge is -2.01. The first-order valence-electron chi connectivity index (χ1n) is 4.49. The molecule has 0 aliphatic heterocycles. The van der Waals surface area contributed by atoms with Gasteiger partial charge in [-0.05, 0) is 28.1 Å². The van der Waals surface area contributed by atoms with Gasteiger partial charge in [0.2, 0.25) is 5.78 Å². The monoisotopic (exact) mass is 284 g/mol. The minimum atomic E-state index is -0.262. The fraction of sp³-hybridized carbons (Fsp3) is 0.200. The zero-order valence-electron chi connectivity index (χ0n) is 8.73. The molecule has 2 rings (SSSR count). The van der Waals surface area contributed by atoms with Crippen LogP contribution >= 0.6 is 15.9 Å². The highest BCUT2D eigenvalue weighted by Gasteiger charge is 2.21. The number of furan rings is 1. The lowest BCUT2D eigenvalue weighted by Crippen LogP contribution is -2.08. The molecule has 0 bridgehead atoms. The van der Waals surface area contributed by atoms with Crippen LogP contribution in [0.25, 0.3) is 0 Å². The number of aromatic nitrogens is 2. The maximum Gasteiger partial charge on any atom is 0.249 e. The van der Waals surface area contributed by atoms with Crippen molar-refractivity contribution < 1.29 is 13.9 Å². The minimum absolute atomic E-state index is 0.244. The molecule has 0 amide bonds. The van der Waals surface area contributed by atoms with Gasteiger partial charge in [-0.15, -0.1) is 0 Å². The van der Waals surface area contributed by atoms with Crippen LogP contribution in [0.4, 0.5) is 0 Å². The molecule has 0 radical (unpaired) electrons. The molecule has 0 N–H and O–H groups in total. The van der Waals surface area contributed by atoms with Gasteiger partial charge in [0.25, 0.3) is 0 Å². The van der Waals surface area contributed by atoms with E-state index in [0.717, 1.165) is 0 Å². The van der Waals surface area contributed by atoms with Crippen LogP contribution in [0.5, 0.6) is 5.75 Å². The third kappa shape index (κ3) is 1.76. The van der Waals surface area contributed by atoms with E-state index in [0.29, 0.717) is 16.1 Å². The van der Waals surface area contributed by atoms with E-state index in [-0.39, 0.29) is 11.5 Å². The number of nitrogens with zero attached hydrogens (tertiary/aromatic N) is 2. The molecule has 0 saturated carbocycles. The summed E-state index contributed by atoms with van der Waals surface area (Å²) in [7, 11) is 3.17. The van der Waals surface area contributed by atoms with Crippen LogP contribution in [0, 0.1) is 0 Å². The zero-order valence-corrected chi connectivity index (χ0v) is 10.3. The number of hydrogen-bond donors (Lipinski definition) is 0. The van der Waals surface area contributed by atoms with Gasteiger partial charge in [-0.25, -0.2) is 0 Å². The molecule has 2 aromatic heterocycles. The van der Waals surface area contributed by atoms with Crippen molar-refractivity contribution in [3.63, 3.8) is 0 Å². The van der Waals surface area contributed by atoms with Crippen molar-refractivity contribution in [3.05, 3.63) is 34.5 Å². The maximum absolute atomic E-state index is 12.1. The van der Waals surface area contributed by atoms with Gasteiger partial charge in [-0.3, -0.25) is 9.48 Å². The SMILES string of the molecule is COc1cnn(C)c1C(=O)c1ccc(Br)o1. The molecule has 0 unspecified atom stereocenters. The van der Waals surface area contributed by atoms with Gasteiger partial charge in [-0.1, -0.05) is 0 Å². The van der Waals surface area contributed by atoms with Crippen molar-refractivity contribution in [1.82, 2.24) is 9.78 Å². The quantitative estimate of drug-likeness (QED) is 0.809. The van der Waals surface area contributed by atoms with Gasteiger partial charge in [-0.2, -0.15) is 5.10 Å². The molecule has 6 heteroatoms. The first-order valence-corrected chi connectivity index (χ1v) is 5.29. The van der Waals surface area contributed by atoms with Gasteiger partial charge in [0, 0.05) is 7.05 Å². The summed E-state index contributed by atoms with van der Waals surface area (Å²) in [5.41, 5.74) is 0.365. The van der Waals surface area contributed by atoms with Crippen LogP contribution in [0.1, 0.15) is 16.2 Å². The Bertz CT molecular complexity index is 530. The van der Waals surface area contributed by atoms with E-state index in [9.17, 15) is 4.79 Å². The van der Waals surface area contributed by atoms with E-state index in [2.05, 4.69) is 21.0 Å². The van der Waals surface area contributed by atoms with Gasteiger partial charge in [0.05, 0.1) is 13.3 Å². The van der Waals surface area contributed by atoms with Crippen LogP contribution in [-0.4, -0.2) is 22.7 Å². The minimum Gasteiger partial charge on any atom is -0.493 e. The Morgan fingerprint density at radius 3 is 2.88 bits per heavy atom. The summed E-state index contributed by atoms with van der Waals surface area (Å²) >= 11 is 3.15. The number of methoxy groups -OCH3 is 1. The van der Waals surface area contributed by atoms with E-state index in [1.807, 2.05) is 0 Å². The van der Waals surface area contributed by atoms with Crippen LogP contribution in [0.2, 0.25) is 0 Å². The summed E-state index contributed by atoms with van der Waals surface area (Å²) in [5.74, 6) is 0.413. The number of carbonyl (C=O) groups excluding carboxylic acids is 1. The Kier molecular flexibility index (Phi) is 2.82. The summed E-state index contributed by atoms with van der Waals surface area (Å²) in [6, 6.07) is 3.26. The molecule has 84 valence electrons. The lowest BCUT2D eigenvalue weighted by atomic mass is 10.2. The average molecular weight is 285 g/mol. The number of aryl methyl sites for hydroxylation is 1. The standard InChI is InChI=1S/C10H9BrN2O3/c1-13-9(7(15-2)5-12-13)10(14)6-3-4-8(11)16-6/h3-5H,1-2H3. The van der Waals surface area contributed by atoms with E-state index in [1.165, 1.54) is 18.0 Å². The van der Waals surface area contributed by atoms with E-state index < -0.39 is 0 Å². The second-order valence-corrected chi connectivity index (χ2v) is 3.90. The third-order valence-electron chi connectivity index (χ3n) is 2.14. The molecule has 0 spiro atoms. The summed E-state index contributed by atoms with van der Waals surface area (Å²) in [6.45, 7) is 0. The molecular formula is C10H9BrN2O3. The predicted octanol–water partition coefficient (Wildman–Crippen LogP) is 2.02. The number of rotatable bonds is 3. The van der Waals surface area contributed by atoms with Crippen molar-refractivity contribution in [2.45, 2.75) is 0 Å². The Morgan fingerprint density at radius 1 is 1.56 bits per heavy atom. The molecule has 0 atom stereocenters. The van der Waals surface area contributed by atoms with Crippen LogP contribution < -0.4 is 4.74 Å². The number of carbonyl (C=O) groups is 1. The number of ether oxygens (including phenoxy) is 1. The Morgan fingerprint density at radius 2 is 2.31 bits per heavy atom. The fourth-order valence-electron chi connectivity index (χ4n) is 1.38. The Labute approximate surface area is 100 Å². The Hall–Kier alpha value is -1.56. The topological polar surface area (TPSA) is 57.3 Å². The molecule has 5 nitrogen and oxygen atoms in total. The van der Waals surface area contributed by atoms with E-state index >= 15 is 0 Å². The van der Waals surface area contributed by atoms with Crippen molar-refractivity contribution >= 4 is 21.7 Å². The second kappa shape index (κ2) is 4.13. The van der Waals surface area contributed by atoms with Crippen molar-refractivity contribution in [2.75, 3.05) is 7.11 Å². The molecule has 0 aromatic carbocycles. The Balaban J connectivity index is 2.44. The second-order valence-electron chi connectivity index (χ2n) is 3.12. The largest absolute Gasteiger partial charge is 0.493 e. The van der Waals surface area contributed by atoms with Crippen LogP contribution in [0.15, 0.2) is 27.4 Å². The number of ketones is 1. The molecule has 0 fully saturated rings. The molecule has 0 aliphatic rings. The van der Waals surface area contributed by atoms with Gasteiger partial charge in [0.15, 0.2) is 21.9 Å². The van der Waals surface area contributed by atoms with Crippen LogP contribution in [0.3, 0.4) is 0 Å². The summed E-state index contributed by atoms with van der Waals surface area (Å²) in [4.78, 5) is 12.1.